The van der Waals surface area contributed by atoms with Gasteiger partial charge in [-0.1, -0.05) is 0 Å². The van der Waals surface area contributed by atoms with Gasteiger partial charge < -0.3 is 9.88 Å². The molecular weight excluding hydrogens is 324 g/mol. The van der Waals surface area contributed by atoms with E-state index in [1.165, 1.54) is 12.1 Å². The van der Waals surface area contributed by atoms with Crippen molar-refractivity contribution in [1.82, 2.24) is 19.5 Å². The number of hydrogen-bond donors (Lipinski definition) is 1. The third-order valence-corrected chi connectivity index (χ3v) is 4.33. The quantitative estimate of drug-likeness (QED) is 0.794. The highest BCUT2D eigenvalue weighted by Gasteiger charge is 2.22. The number of nitrogens with one attached hydrogen (secondary N) is 1. The fourth-order valence-electron chi connectivity index (χ4n) is 3.13. The van der Waals surface area contributed by atoms with Crippen molar-refractivity contribution < 1.29 is 8.78 Å². The first kappa shape index (κ1) is 15.7. The molecule has 4 rings (SSSR count). The van der Waals surface area contributed by atoms with Crippen LogP contribution in [0.1, 0.15) is 18.1 Å². The van der Waals surface area contributed by atoms with Crippen LogP contribution in [0.3, 0.4) is 0 Å². The summed E-state index contributed by atoms with van der Waals surface area (Å²) in [5, 5.41) is 3.41. The number of aromatic nitrogens is 4. The highest BCUT2D eigenvalue weighted by atomic mass is 19.1. The molecule has 0 fully saturated rings. The number of nitrogens with zero attached hydrogens (tertiary/aromatic N) is 4. The normalized spacial score (nSPS) is 16.5. The molecule has 3 heterocycles. The molecule has 1 aromatic carbocycles. The summed E-state index contributed by atoms with van der Waals surface area (Å²) in [6.07, 6.45) is 5.24. The lowest BCUT2D eigenvalue weighted by Crippen LogP contribution is -2.31. The number of anilines is 1. The number of rotatable bonds is 3. The molecule has 7 heteroatoms. The highest BCUT2D eigenvalue weighted by Crippen LogP contribution is 2.26. The third-order valence-electron chi connectivity index (χ3n) is 4.33. The van der Waals surface area contributed by atoms with Crippen LogP contribution < -0.4 is 5.32 Å². The average molecular weight is 341 g/mol. The van der Waals surface area contributed by atoms with Gasteiger partial charge in [-0.2, -0.15) is 0 Å². The third kappa shape index (κ3) is 3.22. The molecule has 128 valence electrons. The number of hydrogen-bond acceptors (Lipinski definition) is 4. The maximum Gasteiger partial charge on any atom is 0.135 e. The van der Waals surface area contributed by atoms with Crippen LogP contribution in [0.25, 0.3) is 11.3 Å². The summed E-state index contributed by atoms with van der Waals surface area (Å²) in [6.45, 7) is 2.57. The Kier molecular flexibility index (Phi) is 3.91. The molecule has 1 unspecified atom stereocenters. The minimum absolute atomic E-state index is 0.210. The first-order valence-corrected chi connectivity index (χ1v) is 8.16. The number of benzene rings is 1. The Morgan fingerprint density at radius 1 is 1.20 bits per heavy atom. The summed E-state index contributed by atoms with van der Waals surface area (Å²) in [6, 6.07) is 5.62. The summed E-state index contributed by atoms with van der Waals surface area (Å²) < 4.78 is 29.1. The van der Waals surface area contributed by atoms with Gasteiger partial charge in [-0.05, 0) is 31.5 Å². The SMILES string of the molecule is Cc1nccc(NC2CCc3nc(-c4ccc(F)cc4F)cn3C2)n1. The topological polar surface area (TPSA) is 55.6 Å². The van der Waals surface area contributed by atoms with E-state index in [0.29, 0.717) is 17.8 Å². The van der Waals surface area contributed by atoms with Gasteiger partial charge in [0.25, 0.3) is 0 Å². The number of fused-ring (bicyclic) bond motifs is 1. The summed E-state index contributed by atoms with van der Waals surface area (Å²) in [4.78, 5) is 13.0. The molecule has 0 amide bonds. The molecule has 3 aromatic rings. The summed E-state index contributed by atoms with van der Waals surface area (Å²) in [5.74, 6) is 1.25. The molecular formula is C18H17F2N5. The molecule has 0 saturated carbocycles. The van der Waals surface area contributed by atoms with Crippen LogP contribution in [-0.2, 0) is 13.0 Å². The van der Waals surface area contributed by atoms with Gasteiger partial charge in [0.15, 0.2) is 0 Å². The van der Waals surface area contributed by atoms with E-state index in [-0.39, 0.29) is 6.04 Å². The van der Waals surface area contributed by atoms with Crippen molar-refractivity contribution in [2.75, 3.05) is 5.32 Å². The van der Waals surface area contributed by atoms with Gasteiger partial charge in [-0.25, -0.2) is 23.7 Å². The number of halogens is 2. The second kappa shape index (κ2) is 6.23. The zero-order valence-corrected chi connectivity index (χ0v) is 13.7. The highest BCUT2D eigenvalue weighted by molar-refractivity contribution is 5.59. The molecule has 0 aliphatic carbocycles. The van der Waals surface area contributed by atoms with Crippen molar-refractivity contribution in [3.05, 3.63) is 59.9 Å². The van der Waals surface area contributed by atoms with Crippen molar-refractivity contribution in [2.45, 2.75) is 32.4 Å². The second-order valence-electron chi connectivity index (χ2n) is 6.19. The van der Waals surface area contributed by atoms with Crippen LogP contribution in [0, 0.1) is 18.6 Å². The van der Waals surface area contributed by atoms with E-state index in [9.17, 15) is 8.78 Å². The van der Waals surface area contributed by atoms with Crippen LogP contribution in [0.15, 0.2) is 36.7 Å². The fraction of sp³-hybridized carbons (Fsp3) is 0.278. The molecule has 0 bridgehead atoms. The standard InChI is InChI=1S/C18H17F2N5/c1-11-21-7-6-17(22-11)23-13-3-5-18-24-16(10-25(18)9-13)14-4-2-12(19)8-15(14)20/h2,4,6-8,10,13H,3,5,9H2,1H3,(H,21,22,23). The second-order valence-corrected chi connectivity index (χ2v) is 6.19. The van der Waals surface area contributed by atoms with E-state index in [0.717, 1.165) is 36.4 Å². The molecule has 1 atom stereocenters. The van der Waals surface area contributed by atoms with E-state index >= 15 is 0 Å². The minimum atomic E-state index is -0.596. The zero-order chi connectivity index (χ0) is 17.4. The Balaban J connectivity index is 1.55. The monoisotopic (exact) mass is 341 g/mol. The first-order valence-electron chi connectivity index (χ1n) is 8.16. The van der Waals surface area contributed by atoms with Gasteiger partial charge in [0.1, 0.15) is 29.1 Å². The van der Waals surface area contributed by atoms with Crippen molar-refractivity contribution in [1.29, 1.82) is 0 Å². The molecule has 1 aliphatic rings. The Morgan fingerprint density at radius 2 is 2.08 bits per heavy atom. The zero-order valence-electron chi connectivity index (χ0n) is 13.7. The van der Waals surface area contributed by atoms with Crippen LogP contribution >= 0.6 is 0 Å². The molecule has 2 aromatic heterocycles. The molecule has 0 radical (unpaired) electrons. The van der Waals surface area contributed by atoms with Gasteiger partial charge >= 0.3 is 0 Å². The summed E-state index contributed by atoms with van der Waals surface area (Å²) >= 11 is 0. The lowest BCUT2D eigenvalue weighted by Gasteiger charge is -2.25. The molecule has 5 nitrogen and oxygen atoms in total. The molecule has 0 saturated heterocycles. The predicted octanol–water partition coefficient (Wildman–Crippen LogP) is 3.35. The van der Waals surface area contributed by atoms with E-state index in [1.807, 2.05) is 23.8 Å². The van der Waals surface area contributed by atoms with Crippen LogP contribution in [0.4, 0.5) is 14.6 Å². The Morgan fingerprint density at radius 3 is 2.88 bits per heavy atom. The smallest absolute Gasteiger partial charge is 0.135 e. The van der Waals surface area contributed by atoms with Crippen LogP contribution in [-0.4, -0.2) is 25.6 Å². The number of imidazole rings is 1. The molecule has 0 spiro atoms. The van der Waals surface area contributed by atoms with Crippen molar-refractivity contribution in [3.63, 3.8) is 0 Å². The van der Waals surface area contributed by atoms with Gasteiger partial charge in [0.05, 0.1) is 5.69 Å². The summed E-state index contributed by atoms with van der Waals surface area (Å²) in [7, 11) is 0. The van der Waals surface area contributed by atoms with Crippen LogP contribution in [0.2, 0.25) is 0 Å². The largest absolute Gasteiger partial charge is 0.365 e. The van der Waals surface area contributed by atoms with E-state index in [2.05, 4.69) is 20.3 Å². The van der Waals surface area contributed by atoms with Crippen LogP contribution in [0.5, 0.6) is 0 Å². The van der Waals surface area contributed by atoms with Gasteiger partial charge in [-0.3, -0.25) is 0 Å². The van der Waals surface area contributed by atoms with E-state index < -0.39 is 11.6 Å². The summed E-state index contributed by atoms with van der Waals surface area (Å²) in [5.41, 5.74) is 0.852. The van der Waals surface area contributed by atoms with Gasteiger partial charge in [0.2, 0.25) is 0 Å². The Bertz CT molecular complexity index is 922. The molecule has 25 heavy (non-hydrogen) atoms. The lowest BCUT2D eigenvalue weighted by molar-refractivity contribution is 0.475. The van der Waals surface area contributed by atoms with E-state index in [4.69, 9.17) is 0 Å². The average Bonchev–Trinajstić information content (AvgIpc) is 2.97. The minimum Gasteiger partial charge on any atom is -0.365 e. The van der Waals surface area contributed by atoms with Crippen molar-refractivity contribution >= 4 is 5.82 Å². The number of aryl methyl sites for hydroxylation is 2. The molecule has 1 aliphatic heterocycles. The van der Waals surface area contributed by atoms with Gasteiger partial charge in [0, 0.05) is 43.0 Å². The molecule has 1 N–H and O–H groups in total. The maximum atomic E-state index is 14.0. The van der Waals surface area contributed by atoms with Crippen molar-refractivity contribution in [3.8, 4) is 11.3 Å². The maximum absolute atomic E-state index is 14.0. The van der Waals surface area contributed by atoms with E-state index in [1.54, 1.807) is 6.20 Å². The first-order chi connectivity index (χ1) is 12.1. The lowest BCUT2D eigenvalue weighted by atomic mass is 10.1. The fourth-order valence-corrected chi connectivity index (χ4v) is 3.13. The van der Waals surface area contributed by atoms with Crippen molar-refractivity contribution in [2.24, 2.45) is 0 Å². The predicted molar refractivity (Wildman–Crippen MR) is 90.1 cm³/mol. The Labute approximate surface area is 143 Å². The Hall–Kier alpha value is -2.83. The van der Waals surface area contributed by atoms with Gasteiger partial charge in [-0.15, -0.1) is 0 Å².